The summed E-state index contributed by atoms with van der Waals surface area (Å²) in [4.78, 5) is 16.2. The quantitative estimate of drug-likeness (QED) is 0.797. The van der Waals surface area contributed by atoms with Crippen LogP contribution in [0.25, 0.3) is 0 Å². The first-order valence-corrected chi connectivity index (χ1v) is 9.85. The number of carbonyl (C=O) groups is 1. The summed E-state index contributed by atoms with van der Waals surface area (Å²) in [5, 5.41) is 2.89. The average molecular weight is 345 g/mol. The average Bonchev–Trinajstić information content (AvgIpc) is 2.93. The third kappa shape index (κ3) is 4.77. The Morgan fingerprint density at radius 3 is 2.79 bits per heavy atom. The number of carbonyl (C=O) groups excluding carboxylic acids is 1. The molecule has 1 fully saturated rings. The minimum absolute atomic E-state index is 0.0465. The number of hydrogen-bond donors (Lipinski definition) is 1. The summed E-state index contributed by atoms with van der Waals surface area (Å²) < 4.78 is 14.2. The van der Waals surface area contributed by atoms with E-state index in [1.54, 1.807) is 6.20 Å². The van der Waals surface area contributed by atoms with Crippen molar-refractivity contribution in [2.24, 2.45) is 5.92 Å². The number of imidazole rings is 1. The fraction of sp³-hybridized carbons (Fsp3) is 0.444. The lowest BCUT2D eigenvalue weighted by molar-refractivity contribution is -0.118. The molecule has 0 radical (unpaired) electrons. The van der Waals surface area contributed by atoms with Crippen molar-refractivity contribution in [1.82, 2.24) is 14.9 Å². The van der Waals surface area contributed by atoms with Gasteiger partial charge in [0, 0.05) is 36.3 Å². The van der Waals surface area contributed by atoms with Crippen LogP contribution in [-0.2, 0) is 27.9 Å². The lowest BCUT2D eigenvalue weighted by Crippen LogP contribution is -2.35. The summed E-state index contributed by atoms with van der Waals surface area (Å²) in [5.74, 6) is 1.60. The number of nitrogens with zero attached hydrogens (tertiary/aromatic N) is 2. The van der Waals surface area contributed by atoms with Gasteiger partial charge in [-0.25, -0.2) is 4.98 Å². The van der Waals surface area contributed by atoms with Crippen LogP contribution in [0, 0.1) is 5.92 Å². The summed E-state index contributed by atoms with van der Waals surface area (Å²) >= 11 is 0. The first kappa shape index (κ1) is 16.9. The minimum atomic E-state index is -1.24. The Morgan fingerprint density at radius 2 is 2.08 bits per heavy atom. The summed E-state index contributed by atoms with van der Waals surface area (Å²) in [6.07, 6.45) is 7.25. The Bertz CT molecular complexity index is 695. The van der Waals surface area contributed by atoms with E-state index in [4.69, 9.17) is 0 Å². The fourth-order valence-corrected chi connectivity index (χ4v) is 3.78. The summed E-state index contributed by atoms with van der Waals surface area (Å²) in [6, 6.07) is 10.1. The zero-order chi connectivity index (χ0) is 16.8. The molecule has 1 amide bonds. The molecule has 5 nitrogen and oxygen atoms in total. The van der Waals surface area contributed by atoms with Crippen molar-refractivity contribution in [3.05, 3.63) is 54.1 Å². The Kier molecular flexibility index (Phi) is 5.80. The molecule has 2 aromatic rings. The topological polar surface area (TPSA) is 64.0 Å². The van der Waals surface area contributed by atoms with Crippen LogP contribution in [0.15, 0.2) is 42.7 Å². The third-order valence-electron chi connectivity index (χ3n) is 4.39. The molecule has 1 aromatic carbocycles. The van der Waals surface area contributed by atoms with Gasteiger partial charge in [0.2, 0.25) is 5.91 Å². The van der Waals surface area contributed by atoms with Crippen LogP contribution < -0.4 is 5.32 Å². The van der Waals surface area contributed by atoms with E-state index < -0.39 is 10.8 Å². The zero-order valence-electron chi connectivity index (χ0n) is 13.7. The van der Waals surface area contributed by atoms with Gasteiger partial charge in [-0.1, -0.05) is 36.8 Å². The summed E-state index contributed by atoms with van der Waals surface area (Å²) in [5.41, 5.74) is 1.17. The van der Waals surface area contributed by atoms with Gasteiger partial charge in [-0.15, -0.1) is 0 Å². The highest BCUT2D eigenvalue weighted by molar-refractivity contribution is 7.84. The maximum absolute atomic E-state index is 12.3. The molecular weight excluding hydrogens is 322 g/mol. The van der Waals surface area contributed by atoms with Crippen LogP contribution in [0.4, 0.5) is 0 Å². The normalized spacial score (nSPS) is 15.7. The van der Waals surface area contributed by atoms with Crippen LogP contribution in [0.5, 0.6) is 0 Å². The highest BCUT2D eigenvalue weighted by Gasteiger charge is 2.18. The van der Waals surface area contributed by atoms with Crippen molar-refractivity contribution < 1.29 is 9.00 Å². The van der Waals surface area contributed by atoms with Gasteiger partial charge in [0.15, 0.2) is 0 Å². The minimum Gasteiger partial charge on any atom is -0.355 e. The molecular formula is C18H23N3O2S. The van der Waals surface area contributed by atoms with Crippen LogP contribution >= 0.6 is 0 Å². The standard InChI is InChI=1S/C18H23N3O2S/c22-18(20-11-15-7-4-8-15)14-24(23)13-17-19-9-10-21(17)12-16-5-2-1-3-6-16/h1-3,5-6,9-10,15H,4,7-8,11-14H2,(H,20,22)/t24-/m1/s1. The maximum atomic E-state index is 12.3. The van der Waals surface area contributed by atoms with Gasteiger partial charge >= 0.3 is 0 Å². The second kappa shape index (κ2) is 8.24. The van der Waals surface area contributed by atoms with E-state index in [2.05, 4.69) is 22.4 Å². The van der Waals surface area contributed by atoms with Crippen LogP contribution in [-0.4, -0.2) is 32.0 Å². The van der Waals surface area contributed by atoms with E-state index in [1.807, 2.05) is 29.0 Å². The number of aromatic nitrogens is 2. The molecule has 128 valence electrons. The Labute approximate surface area is 144 Å². The van der Waals surface area contributed by atoms with E-state index in [0.717, 1.165) is 12.4 Å². The molecule has 1 aliphatic rings. The molecule has 3 rings (SSSR count). The molecule has 0 saturated heterocycles. The van der Waals surface area contributed by atoms with E-state index in [0.29, 0.717) is 18.2 Å². The molecule has 24 heavy (non-hydrogen) atoms. The number of amides is 1. The summed E-state index contributed by atoms with van der Waals surface area (Å²) in [7, 11) is -1.24. The monoisotopic (exact) mass is 345 g/mol. The van der Waals surface area contributed by atoms with Gasteiger partial charge in [-0.2, -0.15) is 0 Å². The molecule has 0 spiro atoms. The SMILES string of the molecule is O=C(C[S@](=O)Cc1nccn1Cc1ccccc1)NCC1CCC1. The van der Waals surface area contributed by atoms with Crippen LogP contribution in [0.3, 0.4) is 0 Å². The van der Waals surface area contributed by atoms with E-state index in [1.165, 1.54) is 24.8 Å². The van der Waals surface area contributed by atoms with Crippen molar-refractivity contribution in [3.8, 4) is 0 Å². The Morgan fingerprint density at radius 1 is 1.29 bits per heavy atom. The van der Waals surface area contributed by atoms with Crippen molar-refractivity contribution in [1.29, 1.82) is 0 Å². The second-order valence-electron chi connectivity index (χ2n) is 6.29. The van der Waals surface area contributed by atoms with E-state index in [9.17, 15) is 9.00 Å². The molecule has 1 atom stereocenters. The predicted molar refractivity (Wildman–Crippen MR) is 94.8 cm³/mol. The molecule has 1 saturated carbocycles. The lowest BCUT2D eigenvalue weighted by Gasteiger charge is -2.25. The second-order valence-corrected chi connectivity index (χ2v) is 7.74. The smallest absolute Gasteiger partial charge is 0.232 e. The van der Waals surface area contributed by atoms with Gasteiger partial charge < -0.3 is 9.88 Å². The first-order valence-electron chi connectivity index (χ1n) is 8.36. The number of benzene rings is 1. The lowest BCUT2D eigenvalue weighted by atomic mass is 9.85. The third-order valence-corrected chi connectivity index (χ3v) is 5.56. The van der Waals surface area contributed by atoms with Crippen molar-refractivity contribution in [2.75, 3.05) is 12.3 Å². The highest BCUT2D eigenvalue weighted by atomic mass is 32.2. The zero-order valence-corrected chi connectivity index (χ0v) is 14.5. The maximum Gasteiger partial charge on any atom is 0.232 e. The highest BCUT2D eigenvalue weighted by Crippen LogP contribution is 2.25. The largest absolute Gasteiger partial charge is 0.355 e. The number of rotatable bonds is 8. The van der Waals surface area contributed by atoms with Gasteiger partial charge in [-0.3, -0.25) is 9.00 Å². The molecule has 1 aliphatic carbocycles. The fourth-order valence-electron chi connectivity index (χ4n) is 2.75. The van der Waals surface area contributed by atoms with Crippen LogP contribution in [0.2, 0.25) is 0 Å². The molecule has 1 heterocycles. The molecule has 0 aliphatic heterocycles. The van der Waals surface area contributed by atoms with Gasteiger partial charge in [0.25, 0.3) is 0 Å². The first-order chi connectivity index (χ1) is 11.7. The van der Waals surface area contributed by atoms with Crippen LogP contribution in [0.1, 0.15) is 30.7 Å². The molecule has 1 N–H and O–H groups in total. The van der Waals surface area contributed by atoms with E-state index >= 15 is 0 Å². The van der Waals surface area contributed by atoms with Gasteiger partial charge in [0.1, 0.15) is 11.6 Å². The van der Waals surface area contributed by atoms with Crippen molar-refractivity contribution in [3.63, 3.8) is 0 Å². The van der Waals surface area contributed by atoms with Crippen molar-refractivity contribution in [2.45, 2.75) is 31.6 Å². The Hall–Kier alpha value is -1.95. The molecule has 0 unspecified atom stereocenters. The van der Waals surface area contributed by atoms with Gasteiger partial charge in [0.05, 0.1) is 5.75 Å². The summed E-state index contributed by atoms with van der Waals surface area (Å²) in [6.45, 7) is 1.42. The van der Waals surface area contributed by atoms with Gasteiger partial charge in [-0.05, 0) is 24.3 Å². The molecule has 0 bridgehead atoms. The number of hydrogen-bond acceptors (Lipinski definition) is 3. The number of nitrogens with one attached hydrogen (secondary N) is 1. The van der Waals surface area contributed by atoms with E-state index in [-0.39, 0.29) is 11.7 Å². The van der Waals surface area contributed by atoms with Crippen molar-refractivity contribution >= 4 is 16.7 Å². The molecule has 6 heteroatoms. The Balaban J connectivity index is 1.49. The molecule has 1 aromatic heterocycles. The predicted octanol–water partition coefficient (Wildman–Crippen LogP) is 2.10.